The van der Waals surface area contributed by atoms with E-state index >= 15 is 0 Å². The summed E-state index contributed by atoms with van der Waals surface area (Å²) >= 11 is 0. The van der Waals surface area contributed by atoms with Crippen LogP contribution in [0.25, 0.3) is 0 Å². The summed E-state index contributed by atoms with van der Waals surface area (Å²) in [6.07, 6.45) is 3.56. The summed E-state index contributed by atoms with van der Waals surface area (Å²) in [6.45, 7) is 4.45. The summed E-state index contributed by atoms with van der Waals surface area (Å²) in [5.74, 6) is 0.460. The fourth-order valence-corrected chi connectivity index (χ4v) is 1.93. The van der Waals surface area contributed by atoms with Crippen LogP contribution >= 0.6 is 0 Å². The van der Waals surface area contributed by atoms with Crippen LogP contribution in [0.3, 0.4) is 0 Å². The number of nitrogens with two attached hydrogens (primary N) is 1. The Balaban J connectivity index is 2.06. The lowest BCUT2D eigenvalue weighted by molar-refractivity contribution is 0.0940. The first-order chi connectivity index (χ1) is 9.00. The van der Waals surface area contributed by atoms with Crippen molar-refractivity contribution in [2.75, 3.05) is 5.73 Å². The van der Waals surface area contributed by atoms with Crippen LogP contribution in [0, 0.1) is 0 Å². The van der Waals surface area contributed by atoms with Gasteiger partial charge in [-0.3, -0.25) is 9.48 Å². The average Bonchev–Trinajstić information content (AvgIpc) is 2.96. The Morgan fingerprint density at radius 3 is 2.84 bits per heavy atom. The molecule has 0 unspecified atom stereocenters. The average molecular weight is 261 g/mol. The van der Waals surface area contributed by atoms with Crippen LogP contribution in [0.5, 0.6) is 0 Å². The van der Waals surface area contributed by atoms with Crippen molar-refractivity contribution in [2.24, 2.45) is 7.05 Å². The molecule has 0 atom stereocenters. The lowest BCUT2D eigenvalue weighted by atomic mass is 10.3. The molecular weight excluding hydrogens is 242 g/mol. The molecular formula is C13H19N5O. The van der Waals surface area contributed by atoms with Crippen LogP contribution in [0.1, 0.15) is 35.9 Å². The third-order valence-corrected chi connectivity index (χ3v) is 3.07. The van der Waals surface area contributed by atoms with E-state index in [0.29, 0.717) is 18.1 Å². The van der Waals surface area contributed by atoms with Gasteiger partial charge >= 0.3 is 0 Å². The van der Waals surface area contributed by atoms with Gasteiger partial charge in [0, 0.05) is 31.4 Å². The maximum Gasteiger partial charge on any atom is 0.268 e. The lowest BCUT2D eigenvalue weighted by Crippen LogP contribution is -2.26. The Morgan fingerprint density at radius 1 is 1.53 bits per heavy atom. The van der Waals surface area contributed by atoms with Gasteiger partial charge in [-0.2, -0.15) is 5.10 Å². The highest BCUT2D eigenvalue weighted by molar-refractivity contribution is 5.92. The quantitative estimate of drug-likeness (QED) is 0.871. The van der Waals surface area contributed by atoms with E-state index in [2.05, 4.69) is 10.4 Å². The van der Waals surface area contributed by atoms with E-state index in [-0.39, 0.29) is 11.9 Å². The van der Waals surface area contributed by atoms with Crippen molar-refractivity contribution in [1.82, 2.24) is 19.7 Å². The van der Waals surface area contributed by atoms with E-state index in [1.807, 2.05) is 36.7 Å². The molecule has 3 N–H and O–H groups in total. The van der Waals surface area contributed by atoms with Gasteiger partial charge in [0.05, 0.1) is 6.20 Å². The molecule has 0 fully saturated rings. The Labute approximate surface area is 112 Å². The molecule has 0 spiro atoms. The minimum Gasteiger partial charge on any atom is -0.384 e. The summed E-state index contributed by atoms with van der Waals surface area (Å²) < 4.78 is 3.51. The van der Waals surface area contributed by atoms with E-state index in [4.69, 9.17) is 5.73 Å². The van der Waals surface area contributed by atoms with E-state index < -0.39 is 0 Å². The Bertz CT molecular complexity index is 582. The molecule has 6 heteroatoms. The number of nitrogens with one attached hydrogen (secondary N) is 1. The van der Waals surface area contributed by atoms with Crippen molar-refractivity contribution in [3.63, 3.8) is 0 Å². The van der Waals surface area contributed by atoms with E-state index in [1.54, 1.807) is 17.9 Å². The summed E-state index contributed by atoms with van der Waals surface area (Å²) in [6, 6.07) is 3.93. The molecule has 2 heterocycles. The highest BCUT2D eigenvalue weighted by atomic mass is 16.1. The zero-order valence-electron chi connectivity index (χ0n) is 11.4. The largest absolute Gasteiger partial charge is 0.384 e. The summed E-state index contributed by atoms with van der Waals surface area (Å²) in [5, 5.41) is 6.90. The van der Waals surface area contributed by atoms with Crippen molar-refractivity contribution in [3.8, 4) is 0 Å². The van der Waals surface area contributed by atoms with Gasteiger partial charge in [0.1, 0.15) is 11.5 Å². The number of aryl methyl sites for hydroxylation is 1. The highest BCUT2D eigenvalue weighted by Crippen LogP contribution is 2.12. The number of nitrogen functional groups attached to an aromatic ring is 1. The minimum atomic E-state index is -0.109. The number of carbonyl (C=O) groups excluding carboxylic acids is 1. The van der Waals surface area contributed by atoms with Crippen molar-refractivity contribution >= 4 is 11.7 Å². The zero-order valence-corrected chi connectivity index (χ0v) is 11.4. The number of hydrogen-bond donors (Lipinski definition) is 2. The molecule has 2 aromatic rings. The maximum absolute atomic E-state index is 12.1. The van der Waals surface area contributed by atoms with E-state index in [9.17, 15) is 4.79 Å². The predicted molar refractivity (Wildman–Crippen MR) is 73.6 cm³/mol. The summed E-state index contributed by atoms with van der Waals surface area (Å²) in [5.41, 5.74) is 7.30. The Hall–Kier alpha value is -2.24. The first-order valence-corrected chi connectivity index (χ1v) is 6.22. The number of carbonyl (C=O) groups is 1. The fraction of sp³-hybridized carbons (Fsp3) is 0.385. The molecule has 1 amide bonds. The van der Waals surface area contributed by atoms with Crippen molar-refractivity contribution in [1.29, 1.82) is 0 Å². The lowest BCUT2D eigenvalue weighted by Gasteiger charge is -2.12. The van der Waals surface area contributed by atoms with Gasteiger partial charge in [-0.1, -0.05) is 0 Å². The van der Waals surface area contributed by atoms with Gasteiger partial charge < -0.3 is 15.6 Å². The molecule has 0 aliphatic heterocycles. The van der Waals surface area contributed by atoms with Gasteiger partial charge in [-0.15, -0.1) is 0 Å². The van der Waals surface area contributed by atoms with E-state index in [1.165, 1.54) is 0 Å². The Morgan fingerprint density at radius 2 is 2.26 bits per heavy atom. The molecule has 0 aliphatic carbocycles. The van der Waals surface area contributed by atoms with Gasteiger partial charge in [-0.05, 0) is 26.0 Å². The molecule has 6 nitrogen and oxygen atoms in total. The molecule has 0 saturated carbocycles. The topological polar surface area (TPSA) is 77.9 Å². The number of rotatable bonds is 4. The van der Waals surface area contributed by atoms with Crippen LogP contribution < -0.4 is 11.1 Å². The number of anilines is 1. The number of hydrogen-bond acceptors (Lipinski definition) is 3. The third kappa shape index (κ3) is 2.62. The zero-order chi connectivity index (χ0) is 14.0. The van der Waals surface area contributed by atoms with Crippen molar-refractivity contribution in [2.45, 2.75) is 26.4 Å². The van der Waals surface area contributed by atoms with Crippen LogP contribution in [-0.2, 0) is 13.6 Å². The van der Waals surface area contributed by atoms with Crippen LogP contribution in [-0.4, -0.2) is 20.3 Å². The first-order valence-electron chi connectivity index (χ1n) is 6.22. The van der Waals surface area contributed by atoms with Crippen LogP contribution in [0.4, 0.5) is 5.82 Å². The smallest absolute Gasteiger partial charge is 0.268 e. The van der Waals surface area contributed by atoms with Gasteiger partial charge in [-0.25, -0.2) is 0 Å². The normalized spacial score (nSPS) is 10.9. The summed E-state index contributed by atoms with van der Waals surface area (Å²) in [4.78, 5) is 12.1. The van der Waals surface area contributed by atoms with Crippen LogP contribution in [0.2, 0.25) is 0 Å². The standard InChI is InChI=1S/C13H19N5O/c1-9(2)18-6-4-5-11(18)13(19)15-7-10-8-16-17(3)12(10)14/h4-6,8-9H,7,14H2,1-3H3,(H,15,19). The molecule has 2 aromatic heterocycles. The maximum atomic E-state index is 12.1. The van der Waals surface area contributed by atoms with Gasteiger partial charge in [0.25, 0.3) is 5.91 Å². The molecule has 0 aromatic carbocycles. The molecule has 0 saturated heterocycles. The first kappa shape index (κ1) is 13.2. The number of aromatic nitrogens is 3. The second kappa shape index (κ2) is 5.17. The second-order valence-electron chi connectivity index (χ2n) is 4.76. The van der Waals surface area contributed by atoms with Crippen molar-refractivity contribution in [3.05, 3.63) is 35.8 Å². The minimum absolute atomic E-state index is 0.109. The second-order valence-corrected chi connectivity index (χ2v) is 4.76. The SMILES string of the molecule is CC(C)n1cccc1C(=O)NCc1cnn(C)c1N. The molecule has 0 aliphatic rings. The number of nitrogens with zero attached hydrogens (tertiary/aromatic N) is 3. The van der Waals surface area contributed by atoms with Gasteiger partial charge in [0.15, 0.2) is 0 Å². The predicted octanol–water partition coefficient (Wildman–Crippen LogP) is 1.31. The number of amides is 1. The monoisotopic (exact) mass is 261 g/mol. The third-order valence-electron chi connectivity index (χ3n) is 3.07. The Kier molecular flexibility index (Phi) is 3.59. The van der Waals surface area contributed by atoms with E-state index in [0.717, 1.165) is 5.56 Å². The molecule has 2 rings (SSSR count). The molecule has 19 heavy (non-hydrogen) atoms. The van der Waals surface area contributed by atoms with Crippen molar-refractivity contribution < 1.29 is 4.79 Å². The van der Waals surface area contributed by atoms with Gasteiger partial charge in [0.2, 0.25) is 0 Å². The molecule has 102 valence electrons. The summed E-state index contributed by atoms with van der Waals surface area (Å²) in [7, 11) is 1.77. The molecule has 0 radical (unpaired) electrons. The highest BCUT2D eigenvalue weighted by Gasteiger charge is 2.13. The fourth-order valence-electron chi connectivity index (χ4n) is 1.93. The molecule has 0 bridgehead atoms. The van der Waals surface area contributed by atoms with Crippen LogP contribution in [0.15, 0.2) is 24.5 Å².